The third-order valence-electron chi connectivity index (χ3n) is 3.23. The van der Waals surface area contributed by atoms with Crippen molar-refractivity contribution in [3.05, 3.63) is 24.3 Å². The lowest BCUT2D eigenvalue weighted by Crippen LogP contribution is -2.35. The van der Waals surface area contributed by atoms with E-state index in [1.54, 1.807) is 31.2 Å². The van der Waals surface area contributed by atoms with Crippen LogP contribution in [0.25, 0.3) is 0 Å². The van der Waals surface area contributed by atoms with Gasteiger partial charge in [-0.3, -0.25) is 9.52 Å². The summed E-state index contributed by atoms with van der Waals surface area (Å²) >= 11 is 0. The van der Waals surface area contributed by atoms with Crippen molar-refractivity contribution in [3.8, 4) is 0 Å². The maximum Gasteiger partial charge on any atom is 0.241 e. The summed E-state index contributed by atoms with van der Waals surface area (Å²) < 4.78 is 25.3. The van der Waals surface area contributed by atoms with Crippen LogP contribution in [0.5, 0.6) is 0 Å². The number of carbonyl (C=O) groups excluding carboxylic acids is 1. The average molecular weight is 313 g/mol. The largest absolute Gasteiger partial charge is 0.392 e. The Hall–Kier alpha value is -1.64. The first-order chi connectivity index (χ1) is 9.89. The van der Waals surface area contributed by atoms with Gasteiger partial charge in [0.05, 0.1) is 17.9 Å². The van der Waals surface area contributed by atoms with Gasteiger partial charge in [-0.15, -0.1) is 0 Å². The summed E-state index contributed by atoms with van der Waals surface area (Å²) in [5.74, 6) is -0.213. The van der Waals surface area contributed by atoms with Crippen molar-refractivity contribution in [2.75, 3.05) is 22.3 Å². The lowest BCUT2D eigenvalue weighted by atomic mass is 10.2. The molecule has 1 saturated heterocycles. The van der Waals surface area contributed by atoms with E-state index < -0.39 is 22.2 Å². The van der Waals surface area contributed by atoms with Crippen LogP contribution in [0, 0.1) is 0 Å². The van der Waals surface area contributed by atoms with Crippen molar-refractivity contribution in [3.63, 3.8) is 0 Å². The first kappa shape index (κ1) is 15.7. The first-order valence-corrected chi connectivity index (χ1v) is 8.37. The molecule has 0 spiro atoms. The zero-order chi connectivity index (χ0) is 15.5. The highest BCUT2D eigenvalue weighted by molar-refractivity contribution is 7.92. The van der Waals surface area contributed by atoms with Gasteiger partial charge in [-0.05, 0) is 37.6 Å². The van der Waals surface area contributed by atoms with Crippen LogP contribution in [0.4, 0.5) is 11.4 Å². The Morgan fingerprint density at radius 1 is 1.33 bits per heavy atom. The number of aliphatic hydroxyl groups excluding tert-OH is 1. The number of rotatable bonds is 5. The summed E-state index contributed by atoms with van der Waals surface area (Å²) in [6.45, 7) is 1.97. The fourth-order valence-electron chi connectivity index (χ4n) is 2.02. The number of hydrogen-bond donors (Lipinski definition) is 4. The molecule has 116 valence electrons. The van der Waals surface area contributed by atoms with Gasteiger partial charge in [-0.25, -0.2) is 8.42 Å². The van der Waals surface area contributed by atoms with Crippen LogP contribution in [0.15, 0.2) is 24.3 Å². The molecule has 1 fully saturated rings. The zero-order valence-corrected chi connectivity index (χ0v) is 12.5. The van der Waals surface area contributed by atoms with E-state index in [9.17, 15) is 18.3 Å². The third-order valence-corrected chi connectivity index (χ3v) is 4.54. The van der Waals surface area contributed by atoms with Gasteiger partial charge in [-0.2, -0.15) is 0 Å². The monoisotopic (exact) mass is 313 g/mol. The molecule has 1 aliphatic heterocycles. The first-order valence-electron chi connectivity index (χ1n) is 6.72. The van der Waals surface area contributed by atoms with Gasteiger partial charge < -0.3 is 15.7 Å². The van der Waals surface area contributed by atoms with E-state index in [0.29, 0.717) is 24.3 Å². The molecule has 1 aromatic rings. The van der Waals surface area contributed by atoms with Crippen LogP contribution in [0.1, 0.15) is 13.3 Å². The van der Waals surface area contributed by atoms with Crippen molar-refractivity contribution in [1.29, 1.82) is 0 Å². The van der Waals surface area contributed by atoms with Gasteiger partial charge in [0, 0.05) is 17.9 Å². The molecule has 8 heteroatoms. The van der Waals surface area contributed by atoms with Gasteiger partial charge >= 0.3 is 0 Å². The van der Waals surface area contributed by atoms with Gasteiger partial charge in [0.2, 0.25) is 15.9 Å². The molecule has 4 N–H and O–H groups in total. The molecule has 0 aliphatic carbocycles. The maximum atomic E-state index is 11.9. The third kappa shape index (κ3) is 4.42. The summed E-state index contributed by atoms with van der Waals surface area (Å²) in [5, 5.41) is 15.0. The summed E-state index contributed by atoms with van der Waals surface area (Å²) in [4.78, 5) is 11.9. The van der Waals surface area contributed by atoms with E-state index in [1.807, 2.05) is 0 Å². The molecule has 1 heterocycles. The van der Waals surface area contributed by atoms with Crippen molar-refractivity contribution < 1.29 is 18.3 Å². The molecule has 0 aromatic heterocycles. The summed E-state index contributed by atoms with van der Waals surface area (Å²) in [6.07, 6.45) is -0.105. The normalized spacial score (nSPS) is 22.0. The van der Waals surface area contributed by atoms with Gasteiger partial charge in [0.15, 0.2) is 0 Å². The van der Waals surface area contributed by atoms with Crippen LogP contribution < -0.4 is 15.4 Å². The van der Waals surface area contributed by atoms with Gasteiger partial charge in [0.25, 0.3) is 0 Å². The molecule has 1 aromatic carbocycles. The molecule has 1 aliphatic rings. The molecule has 1 amide bonds. The topological polar surface area (TPSA) is 108 Å². The van der Waals surface area contributed by atoms with Crippen LogP contribution in [-0.4, -0.2) is 43.9 Å². The second kappa shape index (κ2) is 6.42. The summed E-state index contributed by atoms with van der Waals surface area (Å²) in [5.41, 5.74) is 1.02. The number of hydrogen-bond acceptors (Lipinski definition) is 5. The molecule has 0 radical (unpaired) electrons. The van der Waals surface area contributed by atoms with Crippen molar-refractivity contribution in [1.82, 2.24) is 5.32 Å². The Morgan fingerprint density at radius 2 is 1.95 bits per heavy atom. The molecule has 0 bridgehead atoms. The zero-order valence-electron chi connectivity index (χ0n) is 11.7. The predicted molar refractivity (Wildman–Crippen MR) is 80.6 cm³/mol. The number of amides is 1. The standard InChI is InChI=1S/C13H19N3O4S/c1-2-21(19,20)16-10-5-3-9(4-6-10)15-13(18)12-7-11(17)8-14-12/h3-6,11-12,14,16-17H,2,7-8H2,1H3,(H,15,18). The smallest absolute Gasteiger partial charge is 0.241 e. The predicted octanol–water partition coefficient (Wildman–Crippen LogP) is 0.109. The lowest BCUT2D eigenvalue weighted by Gasteiger charge is -2.12. The number of benzene rings is 1. The summed E-state index contributed by atoms with van der Waals surface area (Å²) in [6, 6.07) is 6.01. The van der Waals surface area contributed by atoms with Crippen molar-refractivity contribution in [2.45, 2.75) is 25.5 Å². The van der Waals surface area contributed by atoms with Gasteiger partial charge in [0.1, 0.15) is 0 Å². The molecule has 2 atom stereocenters. The number of β-amino-alcohol motifs (C(OH)–C–C–N with tert-alkyl or cyclic N) is 1. The number of sulfonamides is 1. The second-order valence-electron chi connectivity index (χ2n) is 4.92. The molecule has 2 unspecified atom stereocenters. The molecular formula is C13H19N3O4S. The number of nitrogens with one attached hydrogen (secondary N) is 3. The highest BCUT2D eigenvalue weighted by atomic mass is 32.2. The quantitative estimate of drug-likeness (QED) is 0.617. The minimum atomic E-state index is -3.30. The van der Waals surface area contributed by atoms with Crippen LogP contribution >= 0.6 is 0 Å². The minimum absolute atomic E-state index is 0.00115. The fraction of sp³-hybridized carbons (Fsp3) is 0.462. The highest BCUT2D eigenvalue weighted by Gasteiger charge is 2.27. The van der Waals surface area contributed by atoms with E-state index in [-0.39, 0.29) is 11.7 Å². The number of carbonyl (C=O) groups is 1. The Kier molecular flexibility index (Phi) is 4.81. The molecule has 0 saturated carbocycles. The average Bonchev–Trinajstić information content (AvgIpc) is 2.87. The van der Waals surface area contributed by atoms with Gasteiger partial charge in [-0.1, -0.05) is 0 Å². The van der Waals surface area contributed by atoms with Crippen LogP contribution in [-0.2, 0) is 14.8 Å². The Balaban J connectivity index is 1.95. The Morgan fingerprint density at radius 3 is 2.48 bits per heavy atom. The molecule has 7 nitrogen and oxygen atoms in total. The molecule has 21 heavy (non-hydrogen) atoms. The summed E-state index contributed by atoms with van der Waals surface area (Å²) in [7, 11) is -3.30. The Bertz CT molecular complexity index is 600. The van der Waals surface area contributed by atoms with E-state index >= 15 is 0 Å². The Labute approximate surface area is 123 Å². The second-order valence-corrected chi connectivity index (χ2v) is 6.93. The van der Waals surface area contributed by atoms with Crippen LogP contribution in [0.2, 0.25) is 0 Å². The highest BCUT2D eigenvalue weighted by Crippen LogP contribution is 2.16. The SMILES string of the molecule is CCS(=O)(=O)Nc1ccc(NC(=O)C2CC(O)CN2)cc1. The van der Waals surface area contributed by atoms with Crippen molar-refractivity contribution in [2.24, 2.45) is 0 Å². The number of anilines is 2. The van der Waals surface area contributed by atoms with E-state index in [4.69, 9.17) is 0 Å². The fourth-order valence-corrected chi connectivity index (χ4v) is 2.66. The maximum absolute atomic E-state index is 11.9. The van der Waals surface area contributed by atoms with E-state index in [2.05, 4.69) is 15.4 Å². The molecular weight excluding hydrogens is 294 g/mol. The van der Waals surface area contributed by atoms with E-state index in [0.717, 1.165) is 0 Å². The van der Waals surface area contributed by atoms with Crippen LogP contribution in [0.3, 0.4) is 0 Å². The number of aliphatic hydroxyl groups is 1. The van der Waals surface area contributed by atoms with E-state index in [1.165, 1.54) is 0 Å². The van der Waals surface area contributed by atoms with Crippen molar-refractivity contribution >= 4 is 27.3 Å². The lowest BCUT2D eigenvalue weighted by molar-refractivity contribution is -0.117. The molecule has 2 rings (SSSR count). The minimum Gasteiger partial charge on any atom is -0.392 e.